The number of methoxy groups -OCH3 is 2. The second-order valence-electron chi connectivity index (χ2n) is 6.00. The molecule has 4 nitrogen and oxygen atoms in total. The van der Waals surface area contributed by atoms with Crippen molar-refractivity contribution in [1.82, 2.24) is 0 Å². The van der Waals surface area contributed by atoms with E-state index < -0.39 is 0 Å². The zero-order chi connectivity index (χ0) is 21.9. The fraction of sp³-hybridized carbons (Fsp3) is 0.182. The van der Waals surface area contributed by atoms with Gasteiger partial charge in [-0.1, -0.05) is 0 Å². The molecule has 0 saturated carbocycles. The third-order valence-electron chi connectivity index (χ3n) is 4.06. The van der Waals surface area contributed by atoms with Crippen LogP contribution in [-0.4, -0.2) is 25.6 Å². The van der Waals surface area contributed by atoms with Crippen molar-refractivity contribution in [1.29, 1.82) is 0 Å². The summed E-state index contributed by atoms with van der Waals surface area (Å²) < 4.78 is 10.4. The van der Waals surface area contributed by atoms with Crippen LogP contribution in [-0.2, 0) is 13.1 Å². The number of halogens is 2. The number of ether oxygens (including phenoxy) is 2. The molecule has 2 aromatic carbocycles. The first-order chi connectivity index (χ1) is 14.5. The average molecular weight is 505 g/mol. The summed E-state index contributed by atoms with van der Waals surface area (Å²) >= 11 is 1.89. The summed E-state index contributed by atoms with van der Waals surface area (Å²) in [6.45, 7) is 4.05. The van der Waals surface area contributed by atoms with Crippen molar-refractivity contribution >= 4 is 54.3 Å². The van der Waals surface area contributed by atoms with Crippen LogP contribution in [0.3, 0.4) is 0 Å². The Morgan fingerprint density at radius 3 is 1.33 bits per heavy atom. The van der Waals surface area contributed by atoms with Crippen LogP contribution in [0.15, 0.2) is 70.6 Å². The first-order valence-corrected chi connectivity index (χ1v) is 12.7. The molecule has 0 aliphatic carbocycles. The van der Waals surface area contributed by atoms with Crippen molar-refractivity contribution in [2.75, 3.05) is 14.2 Å². The Labute approximate surface area is 196 Å². The second-order valence-corrected chi connectivity index (χ2v) is 8.91. The normalized spacial score (nSPS) is 11.7. The molecule has 0 saturated heterocycles. The number of benzene rings is 2. The molecule has 0 amide bonds. The predicted molar refractivity (Wildman–Crippen MR) is 126 cm³/mol. The van der Waals surface area contributed by atoms with Gasteiger partial charge in [-0.3, -0.25) is 9.98 Å². The van der Waals surface area contributed by atoms with E-state index >= 15 is 0 Å². The third kappa shape index (κ3) is 7.46. The van der Waals surface area contributed by atoms with Crippen LogP contribution in [0, 0.1) is 0 Å². The van der Waals surface area contributed by atoms with Crippen molar-refractivity contribution in [3.63, 3.8) is 0 Å². The molecule has 3 rings (SSSR count). The summed E-state index contributed by atoms with van der Waals surface area (Å²) in [5.74, 6) is 1.66. The predicted octanol–water partition coefficient (Wildman–Crippen LogP) is 7.42. The molecule has 0 atom stereocenters. The summed E-state index contributed by atoms with van der Waals surface area (Å²) in [6, 6.07) is 19.6. The number of nitrogens with zero attached hydrogens (tertiary/aromatic N) is 2. The van der Waals surface area contributed by atoms with E-state index in [-0.39, 0.29) is 13.1 Å². The Balaban J connectivity index is 0.00000101. The Hall–Kier alpha value is -1.82. The number of hydrogen-bond donors (Lipinski definition) is 0. The Morgan fingerprint density at radius 2 is 1.03 bits per heavy atom. The van der Waals surface area contributed by atoms with E-state index in [2.05, 4.69) is 12.1 Å². The van der Waals surface area contributed by atoms with Gasteiger partial charge in [0.1, 0.15) is 11.5 Å². The van der Waals surface area contributed by atoms with Crippen LogP contribution in [0.5, 0.6) is 11.5 Å². The van der Waals surface area contributed by atoms with E-state index in [1.165, 1.54) is 0 Å². The molecule has 3 aromatic rings. The molecule has 0 N–H and O–H groups in total. The first kappa shape index (κ1) is 24.4. The molecule has 0 fully saturated rings. The Bertz CT molecular complexity index is 909. The van der Waals surface area contributed by atoms with Crippen molar-refractivity contribution in [2.24, 2.45) is 9.98 Å². The molecular formula is C22H22Cl2FeN2O2S. The Morgan fingerprint density at radius 1 is 0.700 bits per heavy atom. The number of rotatable bonds is 6. The SMILES string of the molecule is COc1ccc(N=C(C)c2ccc(C(C)=Nc3ccc(OC)cc3)s2)cc1.[Cl][Fe][Cl]. The van der Waals surface area contributed by atoms with Crippen LogP contribution in [0.2, 0.25) is 0 Å². The van der Waals surface area contributed by atoms with Crippen molar-refractivity contribution in [3.8, 4) is 11.5 Å². The third-order valence-corrected chi connectivity index (χ3v) is 5.36. The average Bonchev–Trinajstić information content (AvgIpc) is 3.26. The molecule has 8 heteroatoms. The van der Waals surface area contributed by atoms with E-state index in [0.29, 0.717) is 0 Å². The van der Waals surface area contributed by atoms with Crippen LogP contribution in [0.1, 0.15) is 23.6 Å². The molecule has 0 unspecified atom stereocenters. The summed E-state index contributed by atoms with van der Waals surface area (Å²) in [4.78, 5) is 11.7. The molecule has 30 heavy (non-hydrogen) atoms. The van der Waals surface area contributed by atoms with Gasteiger partial charge in [-0.2, -0.15) is 0 Å². The van der Waals surface area contributed by atoms with Crippen LogP contribution in [0.4, 0.5) is 11.4 Å². The van der Waals surface area contributed by atoms with Gasteiger partial charge in [-0.25, -0.2) is 0 Å². The summed E-state index contributed by atoms with van der Waals surface area (Å²) in [7, 11) is 12.8. The summed E-state index contributed by atoms with van der Waals surface area (Å²) in [5.41, 5.74) is 3.78. The fourth-order valence-electron chi connectivity index (χ4n) is 2.54. The van der Waals surface area contributed by atoms with Crippen LogP contribution in [0.25, 0.3) is 0 Å². The zero-order valence-corrected chi connectivity index (χ0v) is 20.4. The van der Waals surface area contributed by atoms with Gasteiger partial charge < -0.3 is 9.47 Å². The van der Waals surface area contributed by atoms with E-state index in [0.717, 1.165) is 44.1 Å². The molecule has 160 valence electrons. The van der Waals surface area contributed by atoms with E-state index in [1.54, 1.807) is 25.6 Å². The molecular weight excluding hydrogens is 483 g/mol. The van der Waals surface area contributed by atoms with Gasteiger partial charge in [0.15, 0.2) is 0 Å². The monoisotopic (exact) mass is 504 g/mol. The molecule has 0 radical (unpaired) electrons. The summed E-state index contributed by atoms with van der Waals surface area (Å²) in [5, 5.41) is 0. The van der Waals surface area contributed by atoms with E-state index in [4.69, 9.17) is 39.7 Å². The molecule has 0 aliphatic rings. The Kier molecular flexibility index (Phi) is 10.4. The van der Waals surface area contributed by atoms with Gasteiger partial charge in [-0.15, -0.1) is 11.3 Å². The van der Waals surface area contributed by atoms with Crippen molar-refractivity contribution in [3.05, 3.63) is 70.4 Å². The molecule has 0 bridgehead atoms. The zero-order valence-electron chi connectivity index (χ0n) is 17.0. The van der Waals surface area contributed by atoms with Gasteiger partial charge in [0.2, 0.25) is 0 Å². The standard InChI is InChI=1S/C22H22N2O2S.2ClH.Fe/c1-15(23-17-5-9-19(25-3)10-6-17)21-13-14-22(27-21)16(2)24-18-7-11-20(26-4)12-8-18;;;/h5-14H,1-4H3;2*1H;/q;;;+2/p-2. The van der Waals surface area contributed by atoms with E-state index in [1.807, 2.05) is 62.4 Å². The first-order valence-electron chi connectivity index (χ1n) is 8.85. The summed E-state index contributed by atoms with van der Waals surface area (Å²) in [6.07, 6.45) is 0. The van der Waals surface area contributed by atoms with Gasteiger partial charge >= 0.3 is 33.3 Å². The number of thiophene rings is 1. The molecule has 0 aliphatic heterocycles. The number of hydrogen-bond acceptors (Lipinski definition) is 5. The van der Waals surface area contributed by atoms with Gasteiger partial charge in [0, 0.05) is 9.75 Å². The molecule has 1 aromatic heterocycles. The van der Waals surface area contributed by atoms with Gasteiger partial charge in [0.05, 0.1) is 37.0 Å². The minimum atomic E-state index is 0.194. The second kappa shape index (κ2) is 12.8. The van der Waals surface area contributed by atoms with Crippen molar-refractivity contribution in [2.45, 2.75) is 13.8 Å². The van der Waals surface area contributed by atoms with Crippen molar-refractivity contribution < 1.29 is 22.6 Å². The molecule has 1 heterocycles. The maximum atomic E-state index is 5.18. The van der Waals surface area contributed by atoms with E-state index in [9.17, 15) is 0 Å². The van der Waals surface area contributed by atoms with Gasteiger partial charge in [-0.05, 0) is 74.5 Å². The quantitative estimate of drug-likeness (QED) is 0.259. The topological polar surface area (TPSA) is 43.2 Å². The molecule has 0 spiro atoms. The minimum absolute atomic E-state index is 0.194. The number of aliphatic imine (C=N–C) groups is 2. The van der Waals surface area contributed by atoms with Gasteiger partial charge in [0.25, 0.3) is 0 Å². The fourth-order valence-corrected chi connectivity index (χ4v) is 3.43. The van der Waals surface area contributed by atoms with Crippen LogP contribution >= 0.6 is 31.5 Å². The maximum absolute atomic E-state index is 5.18. The van der Waals surface area contributed by atoms with Crippen LogP contribution < -0.4 is 9.47 Å².